The number of rotatable bonds is 2. The summed E-state index contributed by atoms with van der Waals surface area (Å²) in [6.45, 7) is 8.53. The minimum absolute atomic E-state index is 0.0311. The van der Waals surface area contributed by atoms with Crippen LogP contribution in [-0.4, -0.2) is 63.5 Å². The van der Waals surface area contributed by atoms with Gasteiger partial charge in [-0.3, -0.25) is 14.7 Å². The summed E-state index contributed by atoms with van der Waals surface area (Å²) in [5.74, 6) is -0.00980. The minimum atomic E-state index is -0.597. The molecule has 3 aliphatic heterocycles. The normalized spacial score (nSPS) is 20.9. The number of amides is 4. The number of fused-ring (bicyclic) bond motifs is 5. The highest BCUT2D eigenvalue weighted by molar-refractivity contribution is 5.95. The molecule has 1 aromatic heterocycles. The zero-order chi connectivity index (χ0) is 28.1. The van der Waals surface area contributed by atoms with E-state index in [1.165, 1.54) is 5.56 Å². The van der Waals surface area contributed by atoms with Crippen LogP contribution in [0.2, 0.25) is 0 Å². The van der Waals surface area contributed by atoms with Gasteiger partial charge in [-0.05, 0) is 59.9 Å². The number of carbonyl (C=O) groups is 3. The highest BCUT2D eigenvalue weighted by atomic mass is 16.2. The van der Waals surface area contributed by atoms with Crippen molar-refractivity contribution in [2.45, 2.75) is 70.9 Å². The summed E-state index contributed by atoms with van der Waals surface area (Å²) in [5.41, 5.74) is 4.97. The summed E-state index contributed by atoms with van der Waals surface area (Å²) in [7, 11) is 0. The van der Waals surface area contributed by atoms with Crippen molar-refractivity contribution in [1.82, 2.24) is 25.3 Å². The number of nitrogens with one attached hydrogen (secondary N) is 3. The van der Waals surface area contributed by atoms with Crippen molar-refractivity contribution in [3.05, 3.63) is 59.3 Å². The van der Waals surface area contributed by atoms with Crippen molar-refractivity contribution in [2.75, 3.05) is 25.0 Å². The first-order valence-electron chi connectivity index (χ1n) is 14.3. The average molecular weight is 543 g/mol. The fraction of sp³-hybridized carbons (Fsp3) is 0.484. The molecule has 6 rings (SSSR count). The molecule has 3 aromatic rings. The maximum atomic E-state index is 13.9. The molecule has 9 nitrogen and oxygen atoms in total. The Kier molecular flexibility index (Phi) is 6.55. The second-order valence-corrected chi connectivity index (χ2v) is 12.9. The van der Waals surface area contributed by atoms with E-state index in [1.807, 2.05) is 40.3 Å². The van der Waals surface area contributed by atoms with Gasteiger partial charge in [0.15, 0.2) is 0 Å². The highest BCUT2D eigenvalue weighted by Gasteiger charge is 2.43. The van der Waals surface area contributed by atoms with Crippen molar-refractivity contribution < 1.29 is 14.4 Å². The van der Waals surface area contributed by atoms with Crippen LogP contribution in [-0.2, 0) is 28.0 Å². The van der Waals surface area contributed by atoms with Crippen LogP contribution < -0.4 is 10.6 Å². The van der Waals surface area contributed by atoms with Crippen molar-refractivity contribution >= 4 is 34.4 Å². The molecule has 3 aliphatic rings. The second kappa shape index (κ2) is 9.94. The number of nitrogens with zero attached hydrogens (tertiary/aromatic N) is 3. The fourth-order valence-corrected chi connectivity index (χ4v) is 6.77. The van der Waals surface area contributed by atoms with E-state index < -0.39 is 6.04 Å². The van der Waals surface area contributed by atoms with Gasteiger partial charge in [0.1, 0.15) is 6.04 Å². The molecule has 210 valence electrons. The summed E-state index contributed by atoms with van der Waals surface area (Å²) < 4.78 is 0. The summed E-state index contributed by atoms with van der Waals surface area (Å²) in [6.07, 6.45) is 4.94. The van der Waals surface area contributed by atoms with Crippen LogP contribution in [0.3, 0.4) is 0 Å². The van der Waals surface area contributed by atoms with Crippen molar-refractivity contribution in [1.29, 1.82) is 0 Å². The number of likely N-dealkylation sites (tertiary alicyclic amines) is 1. The Morgan fingerprint density at radius 1 is 1.12 bits per heavy atom. The van der Waals surface area contributed by atoms with Gasteiger partial charge in [-0.15, -0.1) is 0 Å². The molecule has 4 amide bonds. The Morgan fingerprint density at radius 2 is 1.90 bits per heavy atom. The summed E-state index contributed by atoms with van der Waals surface area (Å²) in [5, 5.41) is 14.4. The van der Waals surface area contributed by atoms with E-state index in [-0.39, 0.29) is 28.7 Å². The maximum absolute atomic E-state index is 13.9. The van der Waals surface area contributed by atoms with Crippen LogP contribution >= 0.6 is 0 Å². The Bertz CT molecular complexity index is 1460. The van der Waals surface area contributed by atoms with E-state index in [1.54, 1.807) is 0 Å². The number of aromatic amines is 1. The molecule has 0 radical (unpaired) electrons. The molecule has 9 heteroatoms. The van der Waals surface area contributed by atoms with Gasteiger partial charge < -0.3 is 20.4 Å². The van der Waals surface area contributed by atoms with Crippen LogP contribution in [0, 0.1) is 5.41 Å². The molecule has 3 N–H and O–H groups in total. The van der Waals surface area contributed by atoms with Gasteiger partial charge in [0, 0.05) is 49.1 Å². The number of benzene rings is 2. The summed E-state index contributed by atoms with van der Waals surface area (Å²) in [4.78, 5) is 43.6. The number of para-hydroxylation sites is 1. The Balaban J connectivity index is 1.19. The predicted octanol–water partition coefficient (Wildman–Crippen LogP) is 4.34. The third-order valence-corrected chi connectivity index (χ3v) is 8.74. The molecule has 1 fully saturated rings. The Hall–Kier alpha value is -3.88. The molecule has 1 atom stereocenters. The van der Waals surface area contributed by atoms with E-state index in [0.29, 0.717) is 58.3 Å². The Labute approximate surface area is 234 Å². The van der Waals surface area contributed by atoms with Gasteiger partial charge in [0.2, 0.25) is 11.8 Å². The van der Waals surface area contributed by atoms with Crippen molar-refractivity contribution in [3.8, 4) is 0 Å². The standard InChI is InChI=1S/C31H38N6O3/c1-30(2,3)19-37-18-22-20(8-10-24-21(22)17-32-35-24)9-11-26(28(37)39)34-29(40)36-14-12-31(13-15-36)16-27(38)33-25-7-5-4-6-23(25)31/h4-8,10,17,26H,9,11-16,18-19H2,1-3H3,(H,32,35)(H,33,38)(H,34,40)/t26-/m1/s1. The lowest BCUT2D eigenvalue weighted by Crippen LogP contribution is -2.56. The summed E-state index contributed by atoms with van der Waals surface area (Å²) >= 11 is 0. The van der Waals surface area contributed by atoms with E-state index >= 15 is 0 Å². The summed E-state index contributed by atoms with van der Waals surface area (Å²) in [6, 6.07) is 11.3. The molecule has 1 spiro atoms. The lowest BCUT2D eigenvalue weighted by molar-refractivity contribution is -0.135. The smallest absolute Gasteiger partial charge is 0.318 e. The molecule has 0 aliphatic carbocycles. The monoisotopic (exact) mass is 542 g/mol. The van der Waals surface area contributed by atoms with Gasteiger partial charge >= 0.3 is 6.03 Å². The maximum Gasteiger partial charge on any atom is 0.318 e. The molecule has 0 bridgehead atoms. The lowest BCUT2D eigenvalue weighted by atomic mass is 9.68. The number of anilines is 1. The lowest BCUT2D eigenvalue weighted by Gasteiger charge is -2.45. The van der Waals surface area contributed by atoms with E-state index in [2.05, 4.69) is 53.7 Å². The molecule has 0 saturated carbocycles. The number of aromatic nitrogens is 2. The predicted molar refractivity (Wildman–Crippen MR) is 154 cm³/mol. The van der Waals surface area contributed by atoms with Crippen LogP contribution in [0.15, 0.2) is 42.6 Å². The van der Waals surface area contributed by atoms with E-state index in [9.17, 15) is 14.4 Å². The van der Waals surface area contributed by atoms with Gasteiger partial charge in [-0.25, -0.2) is 4.79 Å². The van der Waals surface area contributed by atoms with Gasteiger partial charge in [0.25, 0.3) is 0 Å². The first-order chi connectivity index (χ1) is 19.1. The molecule has 0 unspecified atom stereocenters. The van der Waals surface area contributed by atoms with Crippen LogP contribution in [0.4, 0.5) is 10.5 Å². The average Bonchev–Trinajstić information content (AvgIpc) is 3.39. The molecule has 2 aromatic carbocycles. The number of H-pyrrole nitrogens is 1. The van der Waals surface area contributed by atoms with Crippen LogP contribution in [0.25, 0.3) is 10.9 Å². The van der Waals surface area contributed by atoms with Crippen molar-refractivity contribution in [3.63, 3.8) is 0 Å². The van der Waals surface area contributed by atoms with Crippen LogP contribution in [0.5, 0.6) is 0 Å². The number of aryl methyl sites for hydroxylation is 1. The third-order valence-electron chi connectivity index (χ3n) is 8.74. The third kappa shape index (κ3) is 4.93. The van der Waals surface area contributed by atoms with Crippen molar-refractivity contribution in [2.24, 2.45) is 5.41 Å². The number of piperidine rings is 1. The zero-order valence-corrected chi connectivity index (χ0v) is 23.5. The first kappa shape index (κ1) is 26.3. The largest absolute Gasteiger partial charge is 0.336 e. The number of hydrogen-bond acceptors (Lipinski definition) is 4. The van der Waals surface area contributed by atoms with Crippen LogP contribution in [0.1, 0.15) is 63.1 Å². The van der Waals surface area contributed by atoms with E-state index in [0.717, 1.165) is 27.7 Å². The quantitative estimate of drug-likeness (QED) is 0.448. The molecule has 1 saturated heterocycles. The number of urea groups is 1. The van der Waals surface area contributed by atoms with Gasteiger partial charge in [0.05, 0.1) is 11.7 Å². The molecular weight excluding hydrogens is 504 g/mol. The number of hydrogen-bond donors (Lipinski definition) is 3. The molecule has 40 heavy (non-hydrogen) atoms. The Morgan fingerprint density at radius 3 is 2.67 bits per heavy atom. The molecular formula is C31H38N6O3. The van der Waals surface area contributed by atoms with Gasteiger partial charge in [-0.2, -0.15) is 5.10 Å². The number of carbonyl (C=O) groups excluding carboxylic acids is 3. The minimum Gasteiger partial charge on any atom is -0.336 e. The molecule has 4 heterocycles. The SMILES string of the molecule is CC(C)(C)CN1Cc2c(ccc3[nH]ncc23)CC[C@@H](NC(=O)N2CCC3(CC2)CC(=O)Nc2ccccc23)C1=O. The zero-order valence-electron chi connectivity index (χ0n) is 23.5. The van der Waals surface area contributed by atoms with Gasteiger partial charge in [-0.1, -0.05) is 45.0 Å². The second-order valence-electron chi connectivity index (χ2n) is 12.9. The van der Waals surface area contributed by atoms with E-state index in [4.69, 9.17) is 0 Å². The fourth-order valence-electron chi connectivity index (χ4n) is 6.77. The first-order valence-corrected chi connectivity index (χ1v) is 14.3. The topological polar surface area (TPSA) is 110 Å². The highest BCUT2D eigenvalue weighted by Crippen LogP contribution is 2.45.